The molecule has 0 aromatic rings. The van der Waals surface area contributed by atoms with Gasteiger partial charge in [0.2, 0.25) is 5.91 Å². The highest BCUT2D eigenvalue weighted by Gasteiger charge is 2.48. The molecule has 0 radical (unpaired) electrons. The first-order valence-corrected chi connectivity index (χ1v) is 6.79. The summed E-state index contributed by atoms with van der Waals surface area (Å²) in [5.74, 6) is 1.02. The fraction of sp³-hybridized carbons (Fsp3) is 0.846. The fourth-order valence-electron chi connectivity index (χ4n) is 3.33. The zero-order chi connectivity index (χ0) is 12.7. The Balaban J connectivity index is 1.39. The maximum atomic E-state index is 11.9. The highest BCUT2D eigenvalue weighted by Crippen LogP contribution is 2.54. The van der Waals surface area contributed by atoms with Crippen LogP contribution in [0.1, 0.15) is 32.1 Å². The van der Waals surface area contributed by atoms with Gasteiger partial charge in [0.05, 0.1) is 6.10 Å². The van der Waals surface area contributed by atoms with Gasteiger partial charge in [0.25, 0.3) is 0 Å². The summed E-state index contributed by atoms with van der Waals surface area (Å²) >= 11 is 0. The number of rotatable bonds is 4. The molecule has 4 atom stereocenters. The molecule has 1 amide bonds. The van der Waals surface area contributed by atoms with Crippen molar-refractivity contribution in [2.75, 3.05) is 6.54 Å². The van der Waals surface area contributed by atoms with E-state index in [1.807, 2.05) is 0 Å². The van der Waals surface area contributed by atoms with Crippen molar-refractivity contribution in [3.8, 4) is 0 Å². The van der Waals surface area contributed by atoms with Crippen LogP contribution in [0.25, 0.3) is 0 Å². The summed E-state index contributed by atoms with van der Waals surface area (Å²) in [6.07, 6.45) is 3.84. The minimum Gasteiger partial charge on any atom is -0.479 e. The van der Waals surface area contributed by atoms with E-state index in [1.165, 1.54) is 6.42 Å². The predicted octanol–water partition coefficient (Wildman–Crippen LogP) is 0.781. The van der Waals surface area contributed by atoms with Crippen molar-refractivity contribution in [1.29, 1.82) is 0 Å². The molecular weight excluding hydrogens is 234 g/mol. The molecule has 1 aliphatic heterocycles. The van der Waals surface area contributed by atoms with Crippen LogP contribution in [0.3, 0.4) is 0 Å². The van der Waals surface area contributed by atoms with E-state index in [9.17, 15) is 9.59 Å². The number of carboxylic acids is 1. The average Bonchev–Trinajstić information content (AvgIpc) is 2.82. The fourth-order valence-corrected chi connectivity index (χ4v) is 3.33. The Bertz CT molecular complexity index is 360. The van der Waals surface area contributed by atoms with Gasteiger partial charge in [-0.1, -0.05) is 0 Å². The van der Waals surface area contributed by atoms with Gasteiger partial charge in [-0.25, -0.2) is 4.79 Å². The zero-order valence-electron chi connectivity index (χ0n) is 10.3. The number of aliphatic carboxylic acids is 1. The molecule has 18 heavy (non-hydrogen) atoms. The van der Waals surface area contributed by atoms with Crippen molar-refractivity contribution in [3.05, 3.63) is 0 Å². The quantitative estimate of drug-likeness (QED) is 0.776. The third kappa shape index (κ3) is 2.36. The van der Waals surface area contributed by atoms with Crippen LogP contribution in [0.5, 0.6) is 0 Å². The minimum atomic E-state index is -0.903. The highest BCUT2D eigenvalue weighted by atomic mass is 16.5. The molecule has 3 fully saturated rings. The van der Waals surface area contributed by atoms with E-state index in [1.54, 1.807) is 0 Å². The summed E-state index contributed by atoms with van der Waals surface area (Å²) in [6.45, 7) is 0.453. The molecular formula is C13H19NO4. The van der Waals surface area contributed by atoms with Crippen molar-refractivity contribution in [2.24, 2.45) is 17.8 Å². The molecule has 0 aromatic carbocycles. The number of ether oxygens (including phenoxy) is 1. The molecule has 3 rings (SSSR count). The number of carbonyl (C=O) groups excluding carboxylic acids is 1. The van der Waals surface area contributed by atoms with Gasteiger partial charge in [-0.2, -0.15) is 0 Å². The molecule has 1 saturated heterocycles. The molecule has 0 bridgehead atoms. The normalized spacial score (nSPS) is 41.4. The van der Waals surface area contributed by atoms with Crippen LogP contribution in [0.15, 0.2) is 0 Å². The lowest BCUT2D eigenvalue weighted by molar-refractivity contribution is -0.149. The Hall–Kier alpha value is -1.10. The Morgan fingerprint density at radius 3 is 2.50 bits per heavy atom. The van der Waals surface area contributed by atoms with Crippen molar-refractivity contribution in [1.82, 2.24) is 5.32 Å². The maximum absolute atomic E-state index is 11.9. The lowest BCUT2D eigenvalue weighted by atomic mass is 10.0. The third-order valence-electron chi connectivity index (χ3n) is 4.50. The Kier molecular flexibility index (Phi) is 3.01. The van der Waals surface area contributed by atoms with Crippen LogP contribution >= 0.6 is 0 Å². The van der Waals surface area contributed by atoms with E-state index in [2.05, 4.69) is 5.32 Å². The molecule has 2 aliphatic carbocycles. The van der Waals surface area contributed by atoms with E-state index < -0.39 is 12.1 Å². The summed E-state index contributed by atoms with van der Waals surface area (Å²) in [5.41, 5.74) is 0. The van der Waals surface area contributed by atoms with Gasteiger partial charge < -0.3 is 15.2 Å². The molecule has 5 nitrogen and oxygen atoms in total. The van der Waals surface area contributed by atoms with Gasteiger partial charge in [0.1, 0.15) is 0 Å². The molecule has 100 valence electrons. The summed E-state index contributed by atoms with van der Waals surface area (Å²) in [6, 6.07) is 0. The molecule has 0 aromatic heterocycles. The number of carbonyl (C=O) groups is 2. The monoisotopic (exact) mass is 253 g/mol. The van der Waals surface area contributed by atoms with E-state index >= 15 is 0 Å². The number of carboxylic acid groups (broad SMARTS) is 1. The minimum absolute atomic E-state index is 0.129. The molecule has 2 N–H and O–H groups in total. The number of hydrogen-bond acceptors (Lipinski definition) is 3. The summed E-state index contributed by atoms with van der Waals surface area (Å²) in [5, 5.41) is 11.7. The van der Waals surface area contributed by atoms with Crippen molar-refractivity contribution in [2.45, 2.75) is 44.3 Å². The van der Waals surface area contributed by atoms with Gasteiger partial charge in [-0.05, 0) is 43.9 Å². The first-order valence-electron chi connectivity index (χ1n) is 6.79. The topological polar surface area (TPSA) is 75.6 Å². The summed E-state index contributed by atoms with van der Waals surface area (Å²) < 4.78 is 5.35. The average molecular weight is 253 g/mol. The Morgan fingerprint density at radius 1 is 1.17 bits per heavy atom. The summed E-state index contributed by atoms with van der Waals surface area (Å²) in [7, 11) is 0. The van der Waals surface area contributed by atoms with Crippen LogP contribution in [-0.4, -0.2) is 35.7 Å². The molecule has 5 heteroatoms. The largest absolute Gasteiger partial charge is 0.479 e. The highest BCUT2D eigenvalue weighted by molar-refractivity contribution is 5.79. The second kappa shape index (κ2) is 4.53. The molecule has 0 spiro atoms. The van der Waals surface area contributed by atoms with Crippen LogP contribution in [0.4, 0.5) is 0 Å². The first-order chi connectivity index (χ1) is 8.63. The molecule has 2 saturated carbocycles. The number of nitrogens with one attached hydrogen (secondary N) is 1. The molecule has 3 aliphatic rings. The zero-order valence-corrected chi connectivity index (χ0v) is 10.3. The van der Waals surface area contributed by atoms with Gasteiger partial charge in [0, 0.05) is 12.5 Å². The maximum Gasteiger partial charge on any atom is 0.332 e. The van der Waals surface area contributed by atoms with Gasteiger partial charge in [-0.3, -0.25) is 4.79 Å². The number of fused-ring (bicyclic) bond motifs is 1. The smallest absolute Gasteiger partial charge is 0.332 e. The second-order valence-electron chi connectivity index (χ2n) is 5.83. The molecule has 4 unspecified atom stereocenters. The van der Waals surface area contributed by atoms with Crippen LogP contribution in [-0.2, 0) is 14.3 Å². The van der Waals surface area contributed by atoms with Crippen LogP contribution in [0, 0.1) is 17.8 Å². The lowest BCUT2D eigenvalue weighted by Crippen LogP contribution is -2.36. The van der Waals surface area contributed by atoms with E-state index in [-0.39, 0.29) is 17.9 Å². The SMILES string of the molecule is O=C(NCC1CCC(C(=O)O)O1)C1CC2CC2C1. The van der Waals surface area contributed by atoms with E-state index in [0.29, 0.717) is 19.4 Å². The lowest BCUT2D eigenvalue weighted by Gasteiger charge is -2.15. The second-order valence-corrected chi connectivity index (χ2v) is 5.83. The molecule has 1 heterocycles. The van der Waals surface area contributed by atoms with Crippen molar-refractivity contribution < 1.29 is 19.4 Å². The summed E-state index contributed by atoms with van der Waals surface area (Å²) in [4.78, 5) is 22.6. The standard InChI is InChI=1S/C13H19NO4/c15-12(9-4-7-3-8(7)5-9)14-6-10-1-2-11(18-10)13(16)17/h7-11H,1-6H2,(H,14,15)(H,16,17). The van der Waals surface area contributed by atoms with E-state index in [4.69, 9.17) is 9.84 Å². The Morgan fingerprint density at radius 2 is 1.89 bits per heavy atom. The third-order valence-corrected chi connectivity index (χ3v) is 4.50. The predicted molar refractivity (Wildman–Crippen MR) is 62.9 cm³/mol. The van der Waals surface area contributed by atoms with Gasteiger partial charge in [-0.15, -0.1) is 0 Å². The number of hydrogen-bond donors (Lipinski definition) is 2. The van der Waals surface area contributed by atoms with E-state index in [0.717, 1.165) is 24.7 Å². The van der Waals surface area contributed by atoms with Crippen LogP contribution in [0.2, 0.25) is 0 Å². The van der Waals surface area contributed by atoms with Gasteiger partial charge in [0.15, 0.2) is 6.10 Å². The van der Waals surface area contributed by atoms with Crippen molar-refractivity contribution >= 4 is 11.9 Å². The van der Waals surface area contributed by atoms with Gasteiger partial charge >= 0.3 is 5.97 Å². The Labute approximate surface area is 106 Å². The first kappa shape index (κ1) is 12.0. The van der Waals surface area contributed by atoms with Crippen LogP contribution < -0.4 is 5.32 Å². The number of amides is 1. The van der Waals surface area contributed by atoms with Crippen molar-refractivity contribution in [3.63, 3.8) is 0 Å².